The number of pyridine rings is 1. The van der Waals surface area contributed by atoms with E-state index in [0.717, 1.165) is 30.9 Å². The summed E-state index contributed by atoms with van der Waals surface area (Å²) in [5.41, 5.74) is 1.09. The fourth-order valence-corrected chi connectivity index (χ4v) is 6.45. The standard InChI is InChI=1S/C26H34N4O4S2/c1-5-29-23(28-14-16(2)11-17(3)15-28)19(18(4)20(13-27)24(29)33)12-21-25(34)30(26(35)36-21)10-8-6-7-9-22(31)32/h12,16-17H,5-11,14-15H2,1-4H3,(H,31,32)/b21-12+. The highest BCUT2D eigenvalue weighted by molar-refractivity contribution is 8.26. The van der Waals surface area contributed by atoms with Gasteiger partial charge in [-0.25, -0.2) is 0 Å². The predicted molar refractivity (Wildman–Crippen MR) is 147 cm³/mol. The number of nitrogens with zero attached hydrogens (tertiary/aromatic N) is 4. The van der Waals surface area contributed by atoms with Crippen LogP contribution in [0.1, 0.15) is 69.6 Å². The van der Waals surface area contributed by atoms with Crippen molar-refractivity contribution in [2.24, 2.45) is 11.8 Å². The van der Waals surface area contributed by atoms with E-state index in [2.05, 4.69) is 24.8 Å². The third-order valence-corrected chi connectivity index (χ3v) is 8.13. The van der Waals surface area contributed by atoms with Crippen LogP contribution in [0.5, 0.6) is 0 Å². The van der Waals surface area contributed by atoms with E-state index in [0.29, 0.717) is 59.0 Å². The Bertz CT molecular complexity index is 1170. The largest absolute Gasteiger partial charge is 0.481 e. The zero-order valence-corrected chi connectivity index (χ0v) is 23.0. The van der Waals surface area contributed by atoms with Crippen LogP contribution >= 0.6 is 24.0 Å². The molecule has 0 saturated carbocycles. The molecule has 0 bridgehead atoms. The Morgan fingerprint density at radius 1 is 1.22 bits per heavy atom. The molecule has 0 aliphatic carbocycles. The summed E-state index contributed by atoms with van der Waals surface area (Å²) in [5.74, 6) is 0.657. The highest BCUT2D eigenvalue weighted by Gasteiger charge is 2.33. The molecular formula is C26H34N4O4S2. The molecule has 2 atom stereocenters. The molecular weight excluding hydrogens is 496 g/mol. The van der Waals surface area contributed by atoms with E-state index in [1.807, 2.05) is 6.92 Å². The molecule has 2 fully saturated rings. The number of aromatic nitrogens is 1. The number of thiocarbonyl (C=S) groups is 1. The number of rotatable bonds is 9. The number of piperidine rings is 1. The second kappa shape index (κ2) is 12.1. The lowest BCUT2D eigenvalue weighted by atomic mass is 9.91. The van der Waals surface area contributed by atoms with Gasteiger partial charge in [0.25, 0.3) is 11.5 Å². The van der Waals surface area contributed by atoms with Gasteiger partial charge in [-0.3, -0.25) is 23.9 Å². The van der Waals surface area contributed by atoms with Gasteiger partial charge in [-0.1, -0.05) is 44.2 Å². The summed E-state index contributed by atoms with van der Waals surface area (Å²) in [6.45, 7) is 10.5. The van der Waals surface area contributed by atoms with Crippen LogP contribution in [0.15, 0.2) is 9.70 Å². The first-order valence-electron chi connectivity index (χ1n) is 12.5. The van der Waals surface area contributed by atoms with Gasteiger partial charge >= 0.3 is 5.97 Å². The van der Waals surface area contributed by atoms with Crippen LogP contribution in [-0.2, 0) is 16.1 Å². The predicted octanol–water partition coefficient (Wildman–Crippen LogP) is 4.38. The molecule has 1 aromatic heterocycles. The van der Waals surface area contributed by atoms with Crippen molar-refractivity contribution in [1.29, 1.82) is 5.26 Å². The smallest absolute Gasteiger partial charge is 0.303 e. The van der Waals surface area contributed by atoms with Gasteiger partial charge in [-0.05, 0) is 56.6 Å². The molecule has 3 heterocycles. The summed E-state index contributed by atoms with van der Waals surface area (Å²) in [6, 6.07) is 2.08. The van der Waals surface area contributed by atoms with E-state index < -0.39 is 5.97 Å². The van der Waals surface area contributed by atoms with Gasteiger partial charge in [-0.15, -0.1) is 0 Å². The van der Waals surface area contributed by atoms with Crippen molar-refractivity contribution in [2.75, 3.05) is 24.5 Å². The van der Waals surface area contributed by atoms with Crippen molar-refractivity contribution >= 4 is 52.1 Å². The number of carboxylic acid groups (broad SMARTS) is 1. The van der Waals surface area contributed by atoms with Crippen molar-refractivity contribution in [3.63, 3.8) is 0 Å². The van der Waals surface area contributed by atoms with Crippen LogP contribution in [0.4, 0.5) is 5.82 Å². The maximum atomic E-state index is 13.3. The van der Waals surface area contributed by atoms with Crippen molar-refractivity contribution in [3.8, 4) is 6.07 Å². The van der Waals surface area contributed by atoms with Crippen molar-refractivity contribution in [2.45, 2.75) is 66.3 Å². The number of nitriles is 1. The highest BCUT2D eigenvalue weighted by Crippen LogP contribution is 2.37. The Morgan fingerprint density at radius 2 is 1.89 bits per heavy atom. The third kappa shape index (κ3) is 6.01. The summed E-state index contributed by atoms with van der Waals surface area (Å²) < 4.78 is 2.12. The van der Waals surface area contributed by atoms with Gasteiger partial charge in [-0.2, -0.15) is 5.26 Å². The molecule has 1 amide bonds. The number of unbranched alkanes of at least 4 members (excludes halogenated alkanes) is 2. The quantitative estimate of drug-likeness (QED) is 0.285. The maximum absolute atomic E-state index is 13.3. The molecule has 0 radical (unpaired) electrons. The lowest BCUT2D eigenvalue weighted by Crippen LogP contribution is -2.42. The van der Waals surface area contributed by atoms with Crippen LogP contribution < -0.4 is 10.5 Å². The Balaban J connectivity index is 2.00. The van der Waals surface area contributed by atoms with Gasteiger partial charge in [0.15, 0.2) is 0 Å². The maximum Gasteiger partial charge on any atom is 0.303 e. The number of hydrogen-bond acceptors (Lipinski definition) is 7. The van der Waals surface area contributed by atoms with Crippen molar-refractivity contribution < 1.29 is 14.7 Å². The first-order chi connectivity index (χ1) is 17.1. The minimum absolute atomic E-state index is 0.0962. The van der Waals surface area contributed by atoms with Gasteiger partial charge < -0.3 is 10.0 Å². The summed E-state index contributed by atoms with van der Waals surface area (Å²) in [4.78, 5) is 41.5. The first-order valence-corrected chi connectivity index (χ1v) is 13.7. The summed E-state index contributed by atoms with van der Waals surface area (Å²) in [6.07, 6.45) is 4.95. The topological polar surface area (TPSA) is 107 Å². The molecule has 194 valence electrons. The Hall–Kier alpha value is -2.64. The average Bonchev–Trinajstić information content (AvgIpc) is 3.07. The monoisotopic (exact) mass is 530 g/mol. The molecule has 2 saturated heterocycles. The Labute approximate surface area is 221 Å². The molecule has 8 nitrogen and oxygen atoms in total. The summed E-state index contributed by atoms with van der Waals surface area (Å²) in [5, 5.41) is 18.6. The van der Waals surface area contributed by atoms with Crippen LogP contribution in [0, 0.1) is 30.1 Å². The fourth-order valence-electron chi connectivity index (χ4n) is 5.16. The SMILES string of the molecule is CCn1c(N2CC(C)CC(C)C2)c(/C=C2/SC(=S)N(CCCCCC(=O)O)C2=O)c(C)c(C#N)c1=O. The second-order valence-electron chi connectivity index (χ2n) is 9.79. The van der Waals surface area contributed by atoms with Gasteiger partial charge in [0.1, 0.15) is 21.8 Å². The lowest BCUT2D eigenvalue weighted by Gasteiger charge is -2.38. The molecule has 1 N–H and O–H groups in total. The number of anilines is 1. The number of thioether (sulfide) groups is 1. The molecule has 0 aromatic carbocycles. The summed E-state index contributed by atoms with van der Waals surface area (Å²) in [7, 11) is 0. The first kappa shape index (κ1) is 27.9. The zero-order valence-electron chi connectivity index (χ0n) is 21.4. The van der Waals surface area contributed by atoms with E-state index in [1.54, 1.807) is 22.5 Å². The minimum atomic E-state index is -0.822. The molecule has 1 aromatic rings. The molecule has 2 unspecified atom stereocenters. The highest BCUT2D eigenvalue weighted by atomic mass is 32.2. The minimum Gasteiger partial charge on any atom is -0.481 e. The average molecular weight is 531 g/mol. The number of aliphatic carboxylic acids is 1. The Morgan fingerprint density at radius 3 is 2.47 bits per heavy atom. The molecule has 2 aliphatic heterocycles. The number of carbonyl (C=O) groups is 2. The van der Waals surface area contributed by atoms with E-state index >= 15 is 0 Å². The van der Waals surface area contributed by atoms with Crippen LogP contribution in [0.25, 0.3) is 6.08 Å². The fraction of sp³-hybridized carbons (Fsp3) is 0.577. The zero-order chi connectivity index (χ0) is 26.6. The number of carboxylic acids is 1. The van der Waals surface area contributed by atoms with E-state index in [4.69, 9.17) is 17.3 Å². The van der Waals surface area contributed by atoms with Crippen LogP contribution in [0.3, 0.4) is 0 Å². The van der Waals surface area contributed by atoms with Crippen molar-refractivity contribution in [1.82, 2.24) is 9.47 Å². The third-order valence-electron chi connectivity index (χ3n) is 6.75. The molecule has 10 heteroatoms. The van der Waals surface area contributed by atoms with Crippen molar-refractivity contribution in [3.05, 3.63) is 31.9 Å². The number of amides is 1. The summed E-state index contributed by atoms with van der Waals surface area (Å²) >= 11 is 6.71. The molecule has 2 aliphatic rings. The second-order valence-corrected chi connectivity index (χ2v) is 11.5. The van der Waals surface area contributed by atoms with Gasteiger partial charge in [0.05, 0.1) is 4.91 Å². The van der Waals surface area contributed by atoms with E-state index in [1.165, 1.54) is 11.8 Å². The molecule has 0 spiro atoms. The van der Waals surface area contributed by atoms with E-state index in [-0.39, 0.29) is 23.5 Å². The van der Waals surface area contributed by atoms with Gasteiger partial charge in [0.2, 0.25) is 0 Å². The van der Waals surface area contributed by atoms with Crippen LogP contribution in [0.2, 0.25) is 0 Å². The van der Waals surface area contributed by atoms with E-state index in [9.17, 15) is 19.6 Å². The molecule has 36 heavy (non-hydrogen) atoms. The van der Waals surface area contributed by atoms with Crippen LogP contribution in [-0.4, -0.2) is 50.4 Å². The Kier molecular flexibility index (Phi) is 9.36. The number of hydrogen-bond donors (Lipinski definition) is 1. The normalized spacial score (nSPS) is 21.4. The lowest BCUT2D eigenvalue weighted by molar-refractivity contribution is -0.137. The number of carbonyl (C=O) groups excluding carboxylic acids is 1. The molecule has 3 rings (SSSR count). The van der Waals surface area contributed by atoms with Gasteiger partial charge in [0, 0.05) is 38.2 Å².